The second-order valence-corrected chi connectivity index (χ2v) is 14.1. The van der Waals surface area contributed by atoms with Crippen LogP contribution in [0.15, 0.2) is 195 Å². The van der Waals surface area contributed by atoms with Gasteiger partial charge in [0.2, 0.25) is 0 Å². The Labute approximate surface area is 318 Å². The summed E-state index contributed by atoms with van der Waals surface area (Å²) >= 11 is 0. The molecule has 0 atom stereocenters. The number of rotatable bonds is 8. The van der Waals surface area contributed by atoms with Gasteiger partial charge in [-0.15, -0.1) is 0 Å². The van der Waals surface area contributed by atoms with Gasteiger partial charge in [-0.1, -0.05) is 159 Å². The first-order chi connectivity index (χ1) is 26.7. The Morgan fingerprint density at radius 1 is 0.333 bits per heavy atom. The normalized spacial score (nSPS) is 12.5. The molecule has 0 unspecified atom stereocenters. The zero-order valence-corrected chi connectivity index (χ0v) is 30.3. The summed E-state index contributed by atoms with van der Waals surface area (Å²) in [5.74, 6) is 0. The molecule has 0 amide bonds. The second kappa shape index (κ2) is 14.3. The van der Waals surface area contributed by atoms with E-state index in [4.69, 9.17) is 0 Å². The third kappa shape index (κ3) is 6.23. The lowest BCUT2D eigenvalue weighted by atomic mass is 9.86. The molecule has 0 heteroatoms. The molecule has 0 aromatic heterocycles. The number of fused-ring (bicyclic) bond motifs is 3. The van der Waals surface area contributed by atoms with Crippen molar-refractivity contribution in [2.24, 2.45) is 0 Å². The van der Waals surface area contributed by atoms with Crippen molar-refractivity contribution in [3.05, 3.63) is 212 Å². The van der Waals surface area contributed by atoms with Crippen molar-refractivity contribution < 1.29 is 0 Å². The molecule has 0 spiro atoms. The van der Waals surface area contributed by atoms with Crippen molar-refractivity contribution in [3.8, 4) is 55.6 Å². The average Bonchev–Trinajstić information content (AvgIpc) is 3.26. The highest BCUT2D eigenvalue weighted by Gasteiger charge is 2.16. The maximum absolute atomic E-state index is 4.27. The minimum atomic E-state index is 1.07. The largest absolute Gasteiger partial charge is 0.0984 e. The van der Waals surface area contributed by atoms with Crippen LogP contribution in [0.5, 0.6) is 0 Å². The lowest BCUT2D eigenvalue weighted by Gasteiger charge is -2.17. The van der Waals surface area contributed by atoms with Gasteiger partial charge in [-0.05, 0) is 161 Å². The highest BCUT2D eigenvalue weighted by atomic mass is 14.2. The summed E-state index contributed by atoms with van der Waals surface area (Å²) in [5, 5.41) is 4.75. The van der Waals surface area contributed by atoms with Gasteiger partial charge < -0.3 is 0 Å². The summed E-state index contributed by atoms with van der Waals surface area (Å²) in [6, 6.07) is 59.9. The fourth-order valence-corrected chi connectivity index (χ4v) is 8.07. The zero-order chi connectivity index (χ0) is 36.4. The standard InChI is InChI=1S/C54H40/c1-3-49-50(4-2)52-28-26-42(48-33-45(39-21-13-7-14-22-39)30-46(34-48)40-23-15-8-16-24-40)36-54(52)53-35-41(25-27-51(49)53)47-31-43(37-17-9-5-10-18-37)29-44(32-47)38-19-11-6-12-20-38/h3-7,9-15,17-36H,1-2,8,16H2. The third-order valence-electron chi connectivity index (χ3n) is 10.8. The highest BCUT2D eigenvalue weighted by Crippen LogP contribution is 2.41. The van der Waals surface area contributed by atoms with Crippen LogP contribution in [0.3, 0.4) is 0 Å². The van der Waals surface area contributed by atoms with Gasteiger partial charge in [-0.2, -0.15) is 0 Å². The highest BCUT2D eigenvalue weighted by molar-refractivity contribution is 6.16. The van der Waals surface area contributed by atoms with Crippen molar-refractivity contribution in [2.75, 3.05) is 0 Å². The van der Waals surface area contributed by atoms with Crippen LogP contribution in [0.25, 0.3) is 94.9 Å². The lowest BCUT2D eigenvalue weighted by molar-refractivity contribution is 1.04. The van der Waals surface area contributed by atoms with E-state index in [9.17, 15) is 0 Å². The van der Waals surface area contributed by atoms with Crippen LogP contribution in [0.2, 0.25) is 0 Å². The SMILES string of the molecule is C=Cc1c(C=C)c2ccc(-c3cc(-c4ccccc4)cc(-c4ccccc4)c3)cc2c2cc(-c3cc(C4=CCCC=C4)cc(-c4ccccc4)c3)ccc12. The quantitative estimate of drug-likeness (QED) is 0.139. The summed E-state index contributed by atoms with van der Waals surface area (Å²) in [7, 11) is 0. The molecule has 0 heterocycles. The van der Waals surface area contributed by atoms with Gasteiger partial charge >= 0.3 is 0 Å². The monoisotopic (exact) mass is 688 g/mol. The maximum atomic E-state index is 4.27. The van der Waals surface area contributed by atoms with Crippen molar-refractivity contribution >= 4 is 39.3 Å². The van der Waals surface area contributed by atoms with E-state index >= 15 is 0 Å². The van der Waals surface area contributed by atoms with E-state index in [1.54, 1.807) is 0 Å². The average molecular weight is 689 g/mol. The predicted octanol–water partition coefficient (Wildman–Crippen LogP) is 15.3. The first-order valence-electron chi connectivity index (χ1n) is 18.8. The first kappa shape index (κ1) is 33.1. The van der Waals surface area contributed by atoms with Crippen LogP contribution in [-0.4, -0.2) is 0 Å². The molecular weight excluding hydrogens is 649 g/mol. The second-order valence-electron chi connectivity index (χ2n) is 14.1. The molecule has 0 aliphatic heterocycles. The molecule has 0 fully saturated rings. The van der Waals surface area contributed by atoms with E-state index in [1.165, 1.54) is 88.3 Å². The van der Waals surface area contributed by atoms with Gasteiger partial charge in [0, 0.05) is 0 Å². The Bertz CT molecular complexity index is 2700. The third-order valence-corrected chi connectivity index (χ3v) is 10.8. The van der Waals surface area contributed by atoms with Gasteiger partial charge in [-0.25, -0.2) is 0 Å². The van der Waals surface area contributed by atoms with Crippen LogP contribution in [0.4, 0.5) is 0 Å². The van der Waals surface area contributed by atoms with Gasteiger partial charge in [0.05, 0.1) is 0 Å². The van der Waals surface area contributed by atoms with Crippen LogP contribution in [0.1, 0.15) is 29.5 Å². The Balaban J connectivity index is 1.27. The molecule has 0 N–H and O–H groups in total. The molecule has 8 aromatic carbocycles. The molecule has 0 saturated heterocycles. The number of hydrogen-bond acceptors (Lipinski definition) is 0. The number of allylic oxidation sites excluding steroid dienone is 4. The number of hydrogen-bond donors (Lipinski definition) is 0. The molecule has 0 bridgehead atoms. The summed E-state index contributed by atoms with van der Waals surface area (Å²) < 4.78 is 0. The van der Waals surface area contributed by atoms with Crippen LogP contribution in [0, 0.1) is 0 Å². The molecular formula is C54H40. The van der Waals surface area contributed by atoms with Gasteiger partial charge in [0.15, 0.2) is 0 Å². The Kier molecular flexibility index (Phi) is 8.79. The van der Waals surface area contributed by atoms with Gasteiger partial charge in [0.25, 0.3) is 0 Å². The van der Waals surface area contributed by atoms with E-state index in [1.807, 2.05) is 12.2 Å². The first-order valence-corrected chi connectivity index (χ1v) is 18.8. The topological polar surface area (TPSA) is 0 Å². The molecule has 1 aliphatic rings. The van der Waals surface area contributed by atoms with Crippen molar-refractivity contribution in [1.82, 2.24) is 0 Å². The Hall–Kier alpha value is -6.76. The molecule has 8 aromatic rings. The molecule has 9 rings (SSSR count). The maximum Gasteiger partial charge on any atom is -0.00926 e. The van der Waals surface area contributed by atoms with Crippen LogP contribution in [-0.2, 0) is 0 Å². The fourth-order valence-electron chi connectivity index (χ4n) is 8.07. The summed E-state index contributed by atoms with van der Waals surface area (Å²) in [4.78, 5) is 0. The van der Waals surface area contributed by atoms with E-state index < -0.39 is 0 Å². The van der Waals surface area contributed by atoms with E-state index in [0.29, 0.717) is 0 Å². The molecule has 0 radical (unpaired) electrons. The lowest BCUT2D eigenvalue weighted by Crippen LogP contribution is -1.93. The van der Waals surface area contributed by atoms with Crippen molar-refractivity contribution in [2.45, 2.75) is 12.8 Å². The van der Waals surface area contributed by atoms with E-state index in [-0.39, 0.29) is 0 Å². The molecule has 0 nitrogen and oxygen atoms in total. The van der Waals surface area contributed by atoms with Crippen LogP contribution >= 0.6 is 0 Å². The minimum absolute atomic E-state index is 1.07. The molecule has 256 valence electrons. The summed E-state index contributed by atoms with van der Waals surface area (Å²) in [5.41, 5.74) is 16.7. The molecule has 54 heavy (non-hydrogen) atoms. The smallest absolute Gasteiger partial charge is 0.00926 e. The van der Waals surface area contributed by atoms with Crippen molar-refractivity contribution in [1.29, 1.82) is 0 Å². The number of benzene rings is 8. The van der Waals surface area contributed by atoms with Crippen LogP contribution < -0.4 is 0 Å². The zero-order valence-electron chi connectivity index (χ0n) is 30.3. The minimum Gasteiger partial charge on any atom is -0.0984 e. The van der Waals surface area contributed by atoms with Crippen molar-refractivity contribution in [3.63, 3.8) is 0 Å². The Morgan fingerprint density at radius 2 is 0.722 bits per heavy atom. The summed E-state index contributed by atoms with van der Waals surface area (Å²) in [6.07, 6.45) is 13.1. The molecule has 0 saturated carbocycles. The van der Waals surface area contributed by atoms with Gasteiger partial charge in [-0.3, -0.25) is 0 Å². The molecule has 1 aliphatic carbocycles. The van der Waals surface area contributed by atoms with E-state index in [0.717, 1.165) is 24.0 Å². The van der Waals surface area contributed by atoms with Gasteiger partial charge in [0.1, 0.15) is 0 Å². The fraction of sp³-hybridized carbons (Fsp3) is 0.0370. The summed E-state index contributed by atoms with van der Waals surface area (Å²) in [6.45, 7) is 8.53. The predicted molar refractivity (Wildman–Crippen MR) is 235 cm³/mol. The Morgan fingerprint density at radius 3 is 1.09 bits per heavy atom. The van der Waals surface area contributed by atoms with E-state index in [2.05, 4.69) is 195 Å².